The predicted octanol–water partition coefficient (Wildman–Crippen LogP) is 2.18. The molecule has 0 saturated heterocycles. The van der Waals surface area contributed by atoms with Crippen LogP contribution < -0.4 is 39.4 Å². The molecule has 170 valence electrons. The minimum Gasteiger partial charge on any atom is -0.550 e. The summed E-state index contributed by atoms with van der Waals surface area (Å²) in [7, 11) is 0. The van der Waals surface area contributed by atoms with E-state index in [2.05, 4.69) is 9.97 Å². The zero-order chi connectivity index (χ0) is 23.8. The molecule has 3 rings (SSSR count). The molecule has 3 aromatic rings. The second kappa shape index (κ2) is 13.6. The number of ketones is 1. The smallest absolute Gasteiger partial charge is 0.550 e. The summed E-state index contributed by atoms with van der Waals surface area (Å²) in [5, 5.41) is 11.9. The van der Waals surface area contributed by atoms with Crippen LogP contribution in [0, 0.1) is 5.92 Å². The molecule has 0 saturated carbocycles. The number of carbonyl (C=O) groups is 2. The standard InChI is InChI=1S/C25H22Cl2N2O4.Na/c1-2-16-14-28-25(29-15-16)33-19-11-9-17(10-12-19)5-3-6-18(24(31)32)13-22(30)23-20(26)7-4-8-21(23)27;/h3-5,7-12,14-15,18H,2,6,13H2,1H3,(H,31,32);/q;+1/p-1/b5-3+;. The van der Waals surface area contributed by atoms with Gasteiger partial charge in [0.15, 0.2) is 5.78 Å². The number of halogens is 2. The number of Topliss-reactive ketones (excluding diaryl/α,β-unsaturated/α-hetero) is 1. The van der Waals surface area contributed by atoms with Crippen molar-refractivity contribution in [3.8, 4) is 11.8 Å². The van der Waals surface area contributed by atoms with Gasteiger partial charge in [0.2, 0.25) is 0 Å². The molecule has 0 bridgehead atoms. The number of benzene rings is 2. The molecule has 0 aliphatic carbocycles. The monoisotopic (exact) mass is 506 g/mol. The van der Waals surface area contributed by atoms with Gasteiger partial charge in [-0.3, -0.25) is 4.79 Å². The van der Waals surface area contributed by atoms with Crippen LogP contribution in [0.15, 0.2) is 60.9 Å². The fraction of sp³-hybridized carbons (Fsp3) is 0.200. The van der Waals surface area contributed by atoms with Gasteiger partial charge in [-0.2, -0.15) is 0 Å². The SMILES string of the molecule is CCc1cnc(Oc2ccc(/C=C/CC(CC(=O)c3c(Cl)cccc3Cl)C(=O)[O-])cc2)nc1.[Na+]. The number of carbonyl (C=O) groups excluding carboxylic acids is 2. The molecule has 1 heterocycles. The van der Waals surface area contributed by atoms with Crippen molar-refractivity contribution in [3.63, 3.8) is 0 Å². The fourth-order valence-electron chi connectivity index (χ4n) is 3.05. The first-order valence-electron chi connectivity index (χ1n) is 10.3. The molecule has 0 radical (unpaired) electrons. The Morgan fingerprint density at radius 3 is 2.24 bits per heavy atom. The van der Waals surface area contributed by atoms with E-state index in [0.29, 0.717) is 5.75 Å². The first-order chi connectivity index (χ1) is 15.9. The van der Waals surface area contributed by atoms with E-state index in [1.54, 1.807) is 42.7 Å². The Balaban J connectivity index is 0.00000408. The Hall–Kier alpha value is -2.22. The van der Waals surface area contributed by atoms with E-state index in [0.717, 1.165) is 17.5 Å². The van der Waals surface area contributed by atoms with E-state index in [9.17, 15) is 14.7 Å². The molecule has 1 atom stereocenters. The van der Waals surface area contributed by atoms with Crippen LogP contribution in [-0.4, -0.2) is 21.7 Å². The topological polar surface area (TPSA) is 92.2 Å². The van der Waals surface area contributed by atoms with Crippen LogP contribution >= 0.6 is 23.2 Å². The summed E-state index contributed by atoms with van der Waals surface area (Å²) in [4.78, 5) is 32.4. The summed E-state index contributed by atoms with van der Waals surface area (Å²) in [6.45, 7) is 2.02. The molecule has 1 unspecified atom stereocenters. The Bertz CT molecular complexity index is 1130. The number of aryl methyl sites for hydroxylation is 1. The van der Waals surface area contributed by atoms with Gasteiger partial charge in [-0.1, -0.05) is 60.5 Å². The Morgan fingerprint density at radius 1 is 1.06 bits per heavy atom. The van der Waals surface area contributed by atoms with Crippen LogP contribution in [0.3, 0.4) is 0 Å². The van der Waals surface area contributed by atoms with E-state index >= 15 is 0 Å². The van der Waals surface area contributed by atoms with Gasteiger partial charge in [-0.25, -0.2) is 9.97 Å². The summed E-state index contributed by atoms with van der Waals surface area (Å²) < 4.78 is 5.62. The maximum absolute atomic E-state index is 12.5. The molecular weight excluding hydrogens is 486 g/mol. The molecule has 2 aromatic carbocycles. The third-order valence-corrected chi connectivity index (χ3v) is 5.55. The summed E-state index contributed by atoms with van der Waals surface area (Å²) >= 11 is 12.1. The number of aromatic nitrogens is 2. The van der Waals surface area contributed by atoms with Gasteiger partial charge in [0.25, 0.3) is 0 Å². The second-order valence-electron chi connectivity index (χ2n) is 7.28. The maximum Gasteiger partial charge on any atom is 1.00 e. The molecule has 0 aliphatic rings. The Morgan fingerprint density at radius 2 is 1.68 bits per heavy atom. The average molecular weight is 507 g/mol. The second-order valence-corrected chi connectivity index (χ2v) is 8.09. The molecule has 0 amide bonds. The summed E-state index contributed by atoms with van der Waals surface area (Å²) in [6.07, 6.45) is 7.59. The van der Waals surface area contributed by atoms with Crippen LogP contribution in [0.4, 0.5) is 0 Å². The van der Waals surface area contributed by atoms with Crippen LogP contribution in [0.1, 0.15) is 41.3 Å². The molecule has 0 fully saturated rings. The molecule has 34 heavy (non-hydrogen) atoms. The average Bonchev–Trinajstić information content (AvgIpc) is 2.80. The van der Waals surface area contributed by atoms with Crippen molar-refractivity contribution < 1.29 is 49.0 Å². The molecular formula is C25H21Cl2N2NaO4. The molecule has 9 heteroatoms. The number of ether oxygens (including phenoxy) is 1. The van der Waals surface area contributed by atoms with Gasteiger partial charge in [-0.15, -0.1) is 0 Å². The minimum atomic E-state index is -1.31. The summed E-state index contributed by atoms with van der Waals surface area (Å²) in [5.74, 6) is -2.18. The Kier molecular flexibility index (Phi) is 11.2. The number of hydrogen-bond acceptors (Lipinski definition) is 6. The number of carboxylic acids is 1. The number of rotatable bonds is 10. The van der Waals surface area contributed by atoms with Crippen LogP contribution in [0.5, 0.6) is 11.8 Å². The largest absolute Gasteiger partial charge is 1.00 e. The summed E-state index contributed by atoms with van der Waals surface area (Å²) in [6, 6.07) is 12.1. The van der Waals surface area contributed by atoms with Crippen molar-refractivity contribution in [2.24, 2.45) is 5.92 Å². The van der Waals surface area contributed by atoms with Crippen LogP contribution in [0.2, 0.25) is 10.0 Å². The van der Waals surface area contributed by atoms with Gasteiger partial charge < -0.3 is 14.6 Å². The quantitative estimate of drug-likeness (QED) is 0.309. The van der Waals surface area contributed by atoms with Gasteiger partial charge in [-0.05, 0) is 48.2 Å². The Labute approximate surface area is 230 Å². The minimum absolute atomic E-state index is 0. The number of allylic oxidation sites excluding steroid dienone is 1. The normalized spacial score (nSPS) is 11.6. The summed E-state index contributed by atoms with van der Waals surface area (Å²) in [5.41, 5.74) is 1.98. The van der Waals surface area contributed by atoms with Crippen LogP contribution in [-0.2, 0) is 11.2 Å². The van der Waals surface area contributed by atoms with E-state index in [1.165, 1.54) is 12.1 Å². The van der Waals surface area contributed by atoms with E-state index in [4.69, 9.17) is 27.9 Å². The number of aliphatic carboxylic acids is 1. The molecule has 1 aromatic heterocycles. The maximum atomic E-state index is 12.5. The van der Waals surface area contributed by atoms with E-state index in [-0.39, 0.29) is 64.0 Å². The molecule has 0 aliphatic heterocycles. The zero-order valence-electron chi connectivity index (χ0n) is 18.8. The fourth-order valence-corrected chi connectivity index (χ4v) is 3.66. The third kappa shape index (κ3) is 7.93. The van der Waals surface area contributed by atoms with E-state index < -0.39 is 17.7 Å². The van der Waals surface area contributed by atoms with Gasteiger partial charge in [0, 0.05) is 30.7 Å². The van der Waals surface area contributed by atoms with Crippen molar-refractivity contribution in [2.45, 2.75) is 26.2 Å². The molecule has 0 N–H and O–H groups in total. The van der Waals surface area contributed by atoms with Gasteiger partial charge in [0.1, 0.15) is 5.75 Å². The van der Waals surface area contributed by atoms with Crippen LogP contribution in [0.25, 0.3) is 6.08 Å². The van der Waals surface area contributed by atoms with Gasteiger partial charge >= 0.3 is 35.6 Å². The van der Waals surface area contributed by atoms with Gasteiger partial charge in [0.05, 0.1) is 15.6 Å². The number of nitrogens with zero attached hydrogens (tertiary/aromatic N) is 2. The molecule has 0 spiro atoms. The van der Waals surface area contributed by atoms with Crippen molar-refractivity contribution in [1.29, 1.82) is 0 Å². The zero-order valence-corrected chi connectivity index (χ0v) is 22.3. The molecule has 6 nitrogen and oxygen atoms in total. The predicted molar refractivity (Wildman–Crippen MR) is 125 cm³/mol. The number of hydrogen-bond donors (Lipinski definition) is 0. The number of carboxylic acid groups (broad SMARTS) is 1. The van der Waals surface area contributed by atoms with E-state index in [1.807, 2.05) is 19.1 Å². The first kappa shape index (κ1) is 28.0. The first-order valence-corrected chi connectivity index (χ1v) is 11.1. The van der Waals surface area contributed by atoms with Crippen molar-refractivity contribution in [2.75, 3.05) is 0 Å². The van der Waals surface area contributed by atoms with Crippen molar-refractivity contribution in [3.05, 3.63) is 87.7 Å². The third-order valence-electron chi connectivity index (χ3n) is 4.92. The van der Waals surface area contributed by atoms with Crippen molar-refractivity contribution in [1.82, 2.24) is 9.97 Å². The van der Waals surface area contributed by atoms with Crippen molar-refractivity contribution >= 4 is 41.0 Å².